The molecule has 0 aromatic heterocycles. The molecule has 0 bridgehead atoms. The predicted octanol–water partition coefficient (Wildman–Crippen LogP) is 6.87. The standard InChI is InChI=1S/C28H25F2N/c29-25-15-11-23(12-16-25)28(24-13-17-26(30)18-14-24)31-20-19-27(21-7-3-1-4-8-21)22-9-5-2-6-10-22/h1-18,27-28,31H,19-20H2. The minimum absolute atomic E-state index is 0.145. The minimum Gasteiger partial charge on any atom is -0.306 e. The molecule has 1 nitrogen and oxygen atoms in total. The van der Waals surface area contributed by atoms with Gasteiger partial charge in [-0.3, -0.25) is 0 Å². The zero-order valence-corrected chi connectivity index (χ0v) is 17.2. The van der Waals surface area contributed by atoms with Gasteiger partial charge in [0.25, 0.3) is 0 Å². The molecular weight excluding hydrogens is 388 g/mol. The summed E-state index contributed by atoms with van der Waals surface area (Å²) in [6.45, 7) is 0.744. The lowest BCUT2D eigenvalue weighted by Gasteiger charge is -2.23. The van der Waals surface area contributed by atoms with E-state index in [1.165, 1.54) is 35.4 Å². The van der Waals surface area contributed by atoms with E-state index in [2.05, 4.69) is 53.8 Å². The zero-order chi connectivity index (χ0) is 21.5. The van der Waals surface area contributed by atoms with Crippen LogP contribution in [0, 0.1) is 11.6 Å². The fourth-order valence-electron chi connectivity index (χ4n) is 4.01. The van der Waals surface area contributed by atoms with Gasteiger partial charge in [0.15, 0.2) is 0 Å². The summed E-state index contributed by atoms with van der Waals surface area (Å²) in [4.78, 5) is 0. The molecule has 0 aliphatic carbocycles. The van der Waals surface area contributed by atoms with E-state index in [-0.39, 0.29) is 23.6 Å². The molecule has 3 heteroatoms. The van der Waals surface area contributed by atoms with Crippen LogP contribution in [0.5, 0.6) is 0 Å². The van der Waals surface area contributed by atoms with Crippen LogP contribution >= 0.6 is 0 Å². The van der Waals surface area contributed by atoms with Gasteiger partial charge in [0.1, 0.15) is 11.6 Å². The van der Waals surface area contributed by atoms with Gasteiger partial charge in [-0.1, -0.05) is 84.9 Å². The van der Waals surface area contributed by atoms with E-state index in [1.54, 1.807) is 24.3 Å². The van der Waals surface area contributed by atoms with Crippen LogP contribution in [0.1, 0.15) is 40.6 Å². The highest BCUT2D eigenvalue weighted by atomic mass is 19.1. The van der Waals surface area contributed by atoms with Gasteiger partial charge in [-0.2, -0.15) is 0 Å². The van der Waals surface area contributed by atoms with Crippen molar-refractivity contribution in [2.24, 2.45) is 0 Å². The molecule has 0 radical (unpaired) electrons. The number of hydrogen-bond acceptors (Lipinski definition) is 1. The summed E-state index contributed by atoms with van der Waals surface area (Å²) in [5.74, 6) is -0.276. The molecule has 4 rings (SSSR count). The molecule has 0 atom stereocenters. The number of nitrogens with one attached hydrogen (secondary N) is 1. The van der Waals surface area contributed by atoms with E-state index in [0.29, 0.717) is 0 Å². The van der Waals surface area contributed by atoms with Crippen molar-refractivity contribution in [1.29, 1.82) is 0 Å². The van der Waals surface area contributed by atoms with E-state index < -0.39 is 0 Å². The van der Waals surface area contributed by atoms with E-state index in [9.17, 15) is 8.78 Å². The highest BCUT2D eigenvalue weighted by Gasteiger charge is 2.17. The average molecular weight is 414 g/mol. The second-order valence-electron chi connectivity index (χ2n) is 7.65. The summed E-state index contributed by atoms with van der Waals surface area (Å²) in [7, 11) is 0. The molecule has 4 aromatic rings. The lowest BCUT2D eigenvalue weighted by atomic mass is 9.88. The molecular formula is C28H25F2N. The molecule has 0 fully saturated rings. The molecule has 0 unspecified atom stereocenters. The third-order valence-corrected chi connectivity index (χ3v) is 5.59. The first-order valence-corrected chi connectivity index (χ1v) is 10.5. The maximum absolute atomic E-state index is 13.5. The van der Waals surface area contributed by atoms with Gasteiger partial charge < -0.3 is 5.32 Å². The molecule has 4 aromatic carbocycles. The molecule has 0 aliphatic heterocycles. The van der Waals surface area contributed by atoms with Gasteiger partial charge in [-0.05, 0) is 59.5 Å². The van der Waals surface area contributed by atoms with Crippen LogP contribution in [0.25, 0.3) is 0 Å². The van der Waals surface area contributed by atoms with Crippen LogP contribution in [0.4, 0.5) is 8.78 Å². The molecule has 0 saturated heterocycles. The maximum Gasteiger partial charge on any atom is 0.123 e. The lowest BCUT2D eigenvalue weighted by molar-refractivity contribution is 0.557. The van der Waals surface area contributed by atoms with Crippen molar-refractivity contribution in [1.82, 2.24) is 5.32 Å². The smallest absolute Gasteiger partial charge is 0.123 e. The van der Waals surface area contributed by atoms with Crippen molar-refractivity contribution >= 4 is 0 Å². The Morgan fingerprint density at radius 3 is 1.35 bits per heavy atom. The van der Waals surface area contributed by atoms with Crippen molar-refractivity contribution in [3.8, 4) is 0 Å². The Morgan fingerprint density at radius 2 is 0.935 bits per heavy atom. The van der Waals surface area contributed by atoms with Crippen molar-refractivity contribution in [2.75, 3.05) is 6.54 Å². The van der Waals surface area contributed by atoms with Gasteiger partial charge in [0.05, 0.1) is 6.04 Å². The molecule has 156 valence electrons. The highest BCUT2D eigenvalue weighted by Crippen LogP contribution is 2.29. The molecule has 0 spiro atoms. The fraction of sp³-hybridized carbons (Fsp3) is 0.143. The normalized spacial score (nSPS) is 11.2. The van der Waals surface area contributed by atoms with Crippen LogP contribution in [0.2, 0.25) is 0 Å². The SMILES string of the molecule is Fc1ccc(C(NCCC(c2ccccc2)c2ccccc2)c2ccc(F)cc2)cc1. The highest BCUT2D eigenvalue weighted by molar-refractivity contribution is 5.34. The third-order valence-electron chi connectivity index (χ3n) is 5.59. The summed E-state index contributed by atoms with van der Waals surface area (Å²) in [5.41, 5.74) is 4.44. The molecule has 31 heavy (non-hydrogen) atoms. The van der Waals surface area contributed by atoms with Crippen molar-refractivity contribution < 1.29 is 8.78 Å². The second-order valence-corrected chi connectivity index (χ2v) is 7.65. The minimum atomic E-state index is -0.269. The Balaban J connectivity index is 1.55. The lowest BCUT2D eigenvalue weighted by Crippen LogP contribution is -2.25. The van der Waals surface area contributed by atoms with Gasteiger partial charge in [0, 0.05) is 5.92 Å². The summed E-state index contributed by atoms with van der Waals surface area (Å²) in [5, 5.41) is 3.62. The van der Waals surface area contributed by atoms with E-state index in [4.69, 9.17) is 0 Å². The predicted molar refractivity (Wildman–Crippen MR) is 122 cm³/mol. The average Bonchev–Trinajstić information content (AvgIpc) is 2.82. The first-order chi connectivity index (χ1) is 15.2. The quantitative estimate of drug-likeness (QED) is 0.332. The number of hydrogen-bond donors (Lipinski definition) is 1. The molecule has 0 aliphatic rings. The summed E-state index contributed by atoms with van der Waals surface area (Å²) in [6, 6.07) is 33.8. The van der Waals surface area contributed by atoms with Crippen LogP contribution in [0.3, 0.4) is 0 Å². The summed E-state index contributed by atoms with van der Waals surface area (Å²) < 4.78 is 26.9. The van der Waals surface area contributed by atoms with Gasteiger partial charge in [-0.15, -0.1) is 0 Å². The van der Waals surface area contributed by atoms with Crippen molar-refractivity contribution in [2.45, 2.75) is 18.4 Å². The Labute approximate surface area is 182 Å². The first kappa shape index (κ1) is 21.0. The van der Waals surface area contributed by atoms with Crippen molar-refractivity contribution in [3.63, 3.8) is 0 Å². The molecule has 0 heterocycles. The topological polar surface area (TPSA) is 12.0 Å². The van der Waals surface area contributed by atoms with E-state index in [1.807, 2.05) is 12.1 Å². The van der Waals surface area contributed by atoms with Gasteiger partial charge in [-0.25, -0.2) is 8.78 Å². The second kappa shape index (κ2) is 10.1. The Kier molecular flexibility index (Phi) is 6.85. The monoisotopic (exact) mass is 413 g/mol. The summed E-state index contributed by atoms with van der Waals surface area (Å²) in [6.07, 6.45) is 0.896. The Morgan fingerprint density at radius 1 is 0.516 bits per heavy atom. The fourth-order valence-corrected chi connectivity index (χ4v) is 4.01. The van der Waals surface area contributed by atoms with Gasteiger partial charge in [0.2, 0.25) is 0 Å². The maximum atomic E-state index is 13.5. The zero-order valence-electron chi connectivity index (χ0n) is 17.2. The molecule has 1 N–H and O–H groups in total. The Bertz CT molecular complexity index is 977. The first-order valence-electron chi connectivity index (χ1n) is 10.5. The van der Waals surface area contributed by atoms with Gasteiger partial charge >= 0.3 is 0 Å². The largest absolute Gasteiger partial charge is 0.306 e. The van der Waals surface area contributed by atoms with Crippen LogP contribution in [0.15, 0.2) is 109 Å². The third kappa shape index (κ3) is 5.44. The molecule has 0 saturated carbocycles. The number of halogens is 2. The van der Waals surface area contributed by atoms with E-state index in [0.717, 1.165) is 24.1 Å². The number of benzene rings is 4. The van der Waals surface area contributed by atoms with Crippen molar-refractivity contribution in [3.05, 3.63) is 143 Å². The number of rotatable bonds is 8. The summed E-state index contributed by atoms with van der Waals surface area (Å²) >= 11 is 0. The van der Waals surface area contributed by atoms with E-state index >= 15 is 0 Å². The van der Waals surface area contributed by atoms with Crippen LogP contribution < -0.4 is 5.32 Å². The molecule has 0 amide bonds. The van der Waals surface area contributed by atoms with Crippen LogP contribution in [-0.2, 0) is 0 Å². The van der Waals surface area contributed by atoms with Crippen LogP contribution in [-0.4, -0.2) is 6.54 Å². The Hall–Kier alpha value is -3.30.